The van der Waals surface area contributed by atoms with Gasteiger partial charge in [-0.1, -0.05) is 6.92 Å². The summed E-state index contributed by atoms with van der Waals surface area (Å²) >= 11 is 0. The Morgan fingerprint density at radius 3 is 3.00 bits per heavy atom. The molecule has 1 aliphatic heterocycles. The van der Waals surface area contributed by atoms with Gasteiger partial charge in [-0.15, -0.1) is 0 Å². The Morgan fingerprint density at radius 2 is 2.39 bits per heavy atom. The second-order valence-electron chi connectivity index (χ2n) is 4.71. The molecule has 0 amide bonds. The van der Waals surface area contributed by atoms with Gasteiger partial charge in [0, 0.05) is 0 Å². The monoisotopic (exact) mass is 253 g/mol. The van der Waals surface area contributed by atoms with Crippen LogP contribution in [0.2, 0.25) is 0 Å². The third-order valence-electron chi connectivity index (χ3n) is 3.51. The Bertz CT molecular complexity index is 418. The fourth-order valence-electron chi connectivity index (χ4n) is 2.62. The highest BCUT2D eigenvalue weighted by Gasteiger charge is 2.35. The van der Waals surface area contributed by atoms with E-state index in [1.807, 2.05) is 7.05 Å². The summed E-state index contributed by atoms with van der Waals surface area (Å²) in [5.41, 5.74) is 0. The molecule has 0 saturated carbocycles. The molecule has 0 bridgehead atoms. The summed E-state index contributed by atoms with van der Waals surface area (Å²) in [6, 6.07) is 3.30. The van der Waals surface area contributed by atoms with Gasteiger partial charge in [0.1, 0.15) is 10.7 Å². The molecule has 1 fully saturated rings. The second-order valence-corrected chi connectivity index (χ2v) is 4.71. The van der Waals surface area contributed by atoms with Crippen LogP contribution in [-0.2, 0) is 0 Å². The number of hydrogen-bond acceptors (Lipinski definition) is 5. The topological polar surface area (TPSA) is 71.5 Å². The molecule has 2 atom stereocenters. The van der Waals surface area contributed by atoms with Crippen LogP contribution >= 0.6 is 0 Å². The molecule has 2 heterocycles. The van der Waals surface area contributed by atoms with E-state index in [-0.39, 0.29) is 11.9 Å². The predicted octanol–water partition coefficient (Wildman–Crippen LogP) is 1.79. The van der Waals surface area contributed by atoms with Crippen LogP contribution in [0, 0.1) is 16.0 Å². The molecule has 1 saturated heterocycles. The van der Waals surface area contributed by atoms with Crippen LogP contribution < -0.4 is 5.32 Å². The first-order chi connectivity index (χ1) is 8.63. The Morgan fingerprint density at radius 1 is 1.61 bits per heavy atom. The highest BCUT2D eigenvalue weighted by atomic mass is 16.6. The quantitative estimate of drug-likeness (QED) is 0.640. The van der Waals surface area contributed by atoms with Crippen molar-refractivity contribution in [1.82, 2.24) is 10.2 Å². The number of likely N-dealkylation sites (tertiary alicyclic amines) is 1. The standard InChI is InChI=1S/C12H19N3O3/c1-3-13-8-9-6-7-14(2)12(9)10-4-5-11(18-10)15(16)17/h4-5,9,12-13H,3,6-8H2,1-2H3. The van der Waals surface area contributed by atoms with E-state index in [1.165, 1.54) is 6.07 Å². The molecule has 6 heteroatoms. The van der Waals surface area contributed by atoms with E-state index in [0.29, 0.717) is 11.7 Å². The van der Waals surface area contributed by atoms with Gasteiger partial charge in [-0.05, 0) is 45.1 Å². The zero-order valence-corrected chi connectivity index (χ0v) is 10.8. The number of nitrogens with one attached hydrogen (secondary N) is 1. The maximum Gasteiger partial charge on any atom is 0.433 e. The van der Waals surface area contributed by atoms with Gasteiger partial charge < -0.3 is 9.73 Å². The summed E-state index contributed by atoms with van der Waals surface area (Å²) in [5.74, 6) is 0.970. The van der Waals surface area contributed by atoms with Crippen LogP contribution in [0.4, 0.5) is 5.88 Å². The number of nitrogens with zero attached hydrogens (tertiary/aromatic N) is 2. The van der Waals surface area contributed by atoms with Gasteiger partial charge in [-0.3, -0.25) is 15.0 Å². The highest BCUT2D eigenvalue weighted by molar-refractivity contribution is 5.21. The molecule has 0 aromatic carbocycles. The van der Waals surface area contributed by atoms with Gasteiger partial charge in [-0.25, -0.2) is 0 Å². The molecule has 1 aliphatic rings. The van der Waals surface area contributed by atoms with E-state index in [1.54, 1.807) is 6.07 Å². The fourth-order valence-corrected chi connectivity index (χ4v) is 2.62. The minimum Gasteiger partial charge on any atom is -0.404 e. The Balaban J connectivity index is 2.14. The normalized spacial score (nSPS) is 24.6. The van der Waals surface area contributed by atoms with Crippen LogP contribution in [-0.4, -0.2) is 36.5 Å². The van der Waals surface area contributed by atoms with Gasteiger partial charge in [0.15, 0.2) is 0 Å². The third-order valence-corrected chi connectivity index (χ3v) is 3.51. The summed E-state index contributed by atoms with van der Waals surface area (Å²) in [6.07, 6.45) is 1.09. The molecule has 1 N–H and O–H groups in total. The van der Waals surface area contributed by atoms with Gasteiger partial charge in [0.05, 0.1) is 12.1 Å². The average Bonchev–Trinajstić information content (AvgIpc) is 2.93. The zero-order chi connectivity index (χ0) is 13.1. The summed E-state index contributed by atoms with van der Waals surface area (Å²) in [7, 11) is 2.03. The first-order valence-corrected chi connectivity index (χ1v) is 6.28. The van der Waals surface area contributed by atoms with Crippen molar-refractivity contribution in [1.29, 1.82) is 0 Å². The van der Waals surface area contributed by atoms with Gasteiger partial charge in [0.2, 0.25) is 0 Å². The molecule has 2 rings (SSSR count). The lowest BCUT2D eigenvalue weighted by atomic mass is 9.98. The maximum atomic E-state index is 10.7. The third kappa shape index (κ3) is 2.54. The lowest BCUT2D eigenvalue weighted by molar-refractivity contribution is -0.402. The Kier molecular flexibility index (Phi) is 3.98. The minimum absolute atomic E-state index is 0.137. The molecule has 1 aromatic rings. The lowest BCUT2D eigenvalue weighted by Gasteiger charge is -2.22. The van der Waals surface area contributed by atoms with Crippen LogP contribution in [0.15, 0.2) is 16.5 Å². The number of rotatable bonds is 5. The van der Waals surface area contributed by atoms with E-state index >= 15 is 0 Å². The van der Waals surface area contributed by atoms with Crippen molar-refractivity contribution in [3.8, 4) is 0 Å². The van der Waals surface area contributed by atoms with Gasteiger partial charge in [-0.2, -0.15) is 0 Å². The predicted molar refractivity (Wildman–Crippen MR) is 67.4 cm³/mol. The zero-order valence-electron chi connectivity index (χ0n) is 10.8. The smallest absolute Gasteiger partial charge is 0.404 e. The number of nitro groups is 1. The summed E-state index contributed by atoms with van der Waals surface area (Å²) < 4.78 is 5.34. The van der Waals surface area contributed by atoms with Crippen molar-refractivity contribution >= 4 is 5.88 Å². The van der Waals surface area contributed by atoms with E-state index < -0.39 is 4.92 Å². The van der Waals surface area contributed by atoms with E-state index in [9.17, 15) is 10.1 Å². The van der Waals surface area contributed by atoms with E-state index in [0.717, 1.165) is 26.1 Å². The van der Waals surface area contributed by atoms with E-state index in [2.05, 4.69) is 17.1 Å². The van der Waals surface area contributed by atoms with E-state index in [4.69, 9.17) is 4.42 Å². The van der Waals surface area contributed by atoms with Gasteiger partial charge >= 0.3 is 5.88 Å². The molecule has 1 aromatic heterocycles. The SMILES string of the molecule is CCNCC1CCN(C)C1c1ccc([N+](=O)[O-])o1. The fraction of sp³-hybridized carbons (Fsp3) is 0.667. The molecule has 2 unspecified atom stereocenters. The molecule has 6 nitrogen and oxygen atoms in total. The first-order valence-electron chi connectivity index (χ1n) is 6.28. The van der Waals surface area contributed by atoms with Crippen LogP contribution in [0.1, 0.15) is 25.1 Å². The van der Waals surface area contributed by atoms with Crippen molar-refractivity contribution in [3.63, 3.8) is 0 Å². The maximum absolute atomic E-state index is 10.7. The number of hydrogen-bond donors (Lipinski definition) is 1. The largest absolute Gasteiger partial charge is 0.433 e. The lowest BCUT2D eigenvalue weighted by Crippen LogP contribution is -2.28. The molecule has 0 aliphatic carbocycles. The average molecular weight is 253 g/mol. The first kappa shape index (κ1) is 13.0. The van der Waals surface area contributed by atoms with Crippen molar-refractivity contribution in [3.05, 3.63) is 28.0 Å². The van der Waals surface area contributed by atoms with Crippen molar-refractivity contribution in [2.75, 3.05) is 26.7 Å². The molecule has 100 valence electrons. The summed E-state index contributed by atoms with van der Waals surface area (Å²) in [4.78, 5) is 12.4. The van der Waals surface area contributed by atoms with Crippen LogP contribution in [0.5, 0.6) is 0 Å². The molecule has 0 spiro atoms. The summed E-state index contributed by atoms with van der Waals surface area (Å²) in [5, 5.41) is 14.0. The van der Waals surface area contributed by atoms with Crippen molar-refractivity contribution in [2.45, 2.75) is 19.4 Å². The number of furan rings is 1. The summed E-state index contributed by atoms with van der Waals surface area (Å²) in [6.45, 7) is 4.92. The van der Waals surface area contributed by atoms with Crippen LogP contribution in [0.3, 0.4) is 0 Å². The second kappa shape index (κ2) is 5.49. The minimum atomic E-state index is -0.488. The van der Waals surface area contributed by atoms with Crippen LogP contribution in [0.25, 0.3) is 0 Å². The van der Waals surface area contributed by atoms with Gasteiger partial charge in [0.25, 0.3) is 0 Å². The molecule has 18 heavy (non-hydrogen) atoms. The van der Waals surface area contributed by atoms with Crippen molar-refractivity contribution in [2.24, 2.45) is 5.92 Å². The highest BCUT2D eigenvalue weighted by Crippen LogP contribution is 2.37. The molecule has 0 radical (unpaired) electrons. The molecular formula is C12H19N3O3. The Labute approximate surface area is 106 Å². The van der Waals surface area contributed by atoms with Crippen molar-refractivity contribution < 1.29 is 9.34 Å². The Hall–Kier alpha value is -1.40. The molecular weight excluding hydrogens is 234 g/mol.